The second-order valence-corrected chi connectivity index (χ2v) is 6.20. The van der Waals surface area contributed by atoms with Crippen LogP contribution in [0, 0.1) is 0 Å². The number of esters is 1. The lowest BCUT2D eigenvalue weighted by Crippen LogP contribution is -2.33. The second kappa shape index (κ2) is 7.03. The van der Waals surface area contributed by atoms with Crippen LogP contribution in [-0.2, 0) is 9.53 Å². The average Bonchev–Trinajstić information content (AvgIpc) is 2.26. The van der Waals surface area contributed by atoms with Gasteiger partial charge < -0.3 is 15.2 Å². The van der Waals surface area contributed by atoms with Gasteiger partial charge in [-0.1, -0.05) is 28.1 Å². The fourth-order valence-corrected chi connectivity index (χ4v) is 1.94. The summed E-state index contributed by atoms with van der Waals surface area (Å²) in [5, 5.41) is 12.8. The Morgan fingerprint density at radius 3 is 2.74 bits per heavy atom. The number of hydrogen-bond donors (Lipinski definition) is 2. The topological polar surface area (TPSA) is 58.6 Å². The fraction of sp³-hybridized carbons (Fsp3) is 0.500. The van der Waals surface area contributed by atoms with Gasteiger partial charge in [-0.15, -0.1) is 0 Å². The number of aliphatic hydroxyl groups is 1. The van der Waals surface area contributed by atoms with Gasteiger partial charge in [0.2, 0.25) is 0 Å². The Morgan fingerprint density at radius 1 is 1.47 bits per heavy atom. The van der Waals surface area contributed by atoms with E-state index in [2.05, 4.69) is 21.2 Å². The van der Waals surface area contributed by atoms with E-state index < -0.39 is 11.7 Å². The van der Waals surface area contributed by atoms with Gasteiger partial charge in [0, 0.05) is 11.0 Å². The molecule has 106 valence electrons. The predicted octanol–water partition coefficient (Wildman–Crippen LogP) is 2.41. The Balaban J connectivity index is 2.35. The van der Waals surface area contributed by atoms with Crippen molar-refractivity contribution >= 4 is 21.9 Å². The molecule has 1 atom stereocenters. The molecule has 0 saturated carbocycles. The molecule has 0 saturated heterocycles. The molecule has 0 aliphatic rings. The van der Waals surface area contributed by atoms with Gasteiger partial charge in [-0.25, -0.2) is 0 Å². The van der Waals surface area contributed by atoms with Gasteiger partial charge in [0.25, 0.3) is 0 Å². The van der Waals surface area contributed by atoms with E-state index in [0.29, 0.717) is 6.54 Å². The highest BCUT2D eigenvalue weighted by Gasteiger charge is 2.16. The van der Waals surface area contributed by atoms with Crippen molar-refractivity contribution in [2.45, 2.75) is 32.5 Å². The first kappa shape index (κ1) is 16.1. The number of aliphatic hydroxyl groups excluding tert-OH is 1. The molecule has 0 radical (unpaired) electrons. The quantitative estimate of drug-likeness (QED) is 0.814. The van der Waals surface area contributed by atoms with Gasteiger partial charge in [-0.2, -0.15) is 0 Å². The summed E-state index contributed by atoms with van der Waals surface area (Å²) < 4.78 is 6.07. The molecule has 0 fully saturated rings. The van der Waals surface area contributed by atoms with E-state index in [0.717, 1.165) is 10.0 Å². The number of ether oxygens (including phenoxy) is 1. The Labute approximate surface area is 122 Å². The SMILES string of the molecule is CC(C)(C)OC(=O)CNCC(O)c1cccc(Br)c1. The van der Waals surface area contributed by atoms with Crippen LogP contribution in [0.4, 0.5) is 0 Å². The molecule has 2 N–H and O–H groups in total. The molecule has 19 heavy (non-hydrogen) atoms. The Hall–Kier alpha value is -0.910. The number of rotatable bonds is 5. The summed E-state index contributed by atoms with van der Waals surface area (Å²) in [6.07, 6.45) is -0.653. The smallest absolute Gasteiger partial charge is 0.320 e. The molecule has 1 aromatic rings. The molecule has 1 unspecified atom stereocenters. The van der Waals surface area contributed by atoms with Crippen LogP contribution in [0.3, 0.4) is 0 Å². The largest absolute Gasteiger partial charge is 0.459 e. The number of hydrogen-bond acceptors (Lipinski definition) is 4. The molecule has 0 aromatic heterocycles. The summed E-state index contributed by atoms with van der Waals surface area (Å²) in [6.45, 7) is 5.85. The van der Waals surface area contributed by atoms with Gasteiger partial charge in [-0.05, 0) is 38.5 Å². The number of halogens is 1. The molecule has 0 aliphatic heterocycles. The van der Waals surface area contributed by atoms with Gasteiger partial charge in [0.05, 0.1) is 12.6 Å². The maximum atomic E-state index is 11.5. The Bertz CT molecular complexity index is 429. The third-order valence-electron chi connectivity index (χ3n) is 2.26. The van der Waals surface area contributed by atoms with Gasteiger partial charge in [0.1, 0.15) is 5.60 Å². The van der Waals surface area contributed by atoms with Crippen LogP contribution in [0.15, 0.2) is 28.7 Å². The van der Waals surface area contributed by atoms with Crippen molar-refractivity contribution in [2.24, 2.45) is 0 Å². The summed E-state index contributed by atoms with van der Waals surface area (Å²) in [5.41, 5.74) is 0.313. The number of carbonyl (C=O) groups is 1. The van der Waals surface area contributed by atoms with Gasteiger partial charge in [-0.3, -0.25) is 4.79 Å². The zero-order valence-electron chi connectivity index (χ0n) is 11.4. The Morgan fingerprint density at radius 2 is 2.16 bits per heavy atom. The molecule has 0 spiro atoms. The lowest BCUT2D eigenvalue weighted by atomic mass is 10.1. The minimum Gasteiger partial charge on any atom is -0.459 e. The summed E-state index contributed by atoms with van der Waals surface area (Å²) in [5.74, 6) is -0.325. The number of nitrogens with one attached hydrogen (secondary N) is 1. The van der Waals surface area contributed by atoms with Crippen LogP contribution in [0.1, 0.15) is 32.4 Å². The van der Waals surface area contributed by atoms with Crippen LogP contribution in [-0.4, -0.2) is 29.8 Å². The number of benzene rings is 1. The zero-order chi connectivity index (χ0) is 14.5. The van der Waals surface area contributed by atoms with Crippen LogP contribution < -0.4 is 5.32 Å². The van der Waals surface area contributed by atoms with Crippen LogP contribution in [0.25, 0.3) is 0 Å². The zero-order valence-corrected chi connectivity index (χ0v) is 13.0. The maximum Gasteiger partial charge on any atom is 0.320 e. The average molecular weight is 330 g/mol. The normalized spacial score (nSPS) is 13.1. The van der Waals surface area contributed by atoms with Crippen molar-refractivity contribution in [3.63, 3.8) is 0 Å². The minimum atomic E-state index is -0.653. The second-order valence-electron chi connectivity index (χ2n) is 5.29. The molecule has 0 heterocycles. The molecule has 5 heteroatoms. The summed E-state index contributed by atoms with van der Waals surface area (Å²) in [4.78, 5) is 11.5. The van der Waals surface area contributed by atoms with Crippen molar-refractivity contribution in [3.8, 4) is 0 Å². The summed E-state index contributed by atoms with van der Waals surface area (Å²) in [6, 6.07) is 7.44. The molecule has 4 nitrogen and oxygen atoms in total. The first-order chi connectivity index (χ1) is 8.78. The minimum absolute atomic E-state index is 0.0856. The Kier molecular flexibility index (Phi) is 5.97. The lowest BCUT2D eigenvalue weighted by Gasteiger charge is -2.20. The molecule has 0 aliphatic carbocycles. The van der Waals surface area contributed by atoms with Crippen molar-refractivity contribution in [1.82, 2.24) is 5.32 Å². The van der Waals surface area contributed by atoms with E-state index in [1.807, 2.05) is 45.0 Å². The van der Waals surface area contributed by atoms with E-state index in [1.165, 1.54) is 0 Å². The fourth-order valence-electron chi connectivity index (χ4n) is 1.52. The van der Waals surface area contributed by atoms with Crippen molar-refractivity contribution in [3.05, 3.63) is 34.3 Å². The highest BCUT2D eigenvalue weighted by molar-refractivity contribution is 9.10. The first-order valence-electron chi connectivity index (χ1n) is 6.14. The van der Waals surface area contributed by atoms with E-state index in [-0.39, 0.29) is 12.5 Å². The first-order valence-corrected chi connectivity index (χ1v) is 6.93. The monoisotopic (exact) mass is 329 g/mol. The number of carbonyl (C=O) groups excluding carboxylic acids is 1. The molecule has 1 aromatic carbocycles. The van der Waals surface area contributed by atoms with Crippen LogP contribution in [0.2, 0.25) is 0 Å². The van der Waals surface area contributed by atoms with E-state index in [1.54, 1.807) is 0 Å². The van der Waals surface area contributed by atoms with E-state index in [4.69, 9.17) is 4.74 Å². The summed E-state index contributed by atoms with van der Waals surface area (Å²) >= 11 is 3.35. The standard InChI is InChI=1S/C14H20BrNO3/c1-14(2,3)19-13(18)9-16-8-12(17)10-5-4-6-11(15)7-10/h4-7,12,16-17H,8-9H2,1-3H3. The maximum absolute atomic E-state index is 11.5. The van der Waals surface area contributed by atoms with Gasteiger partial charge >= 0.3 is 5.97 Å². The highest BCUT2D eigenvalue weighted by atomic mass is 79.9. The third-order valence-corrected chi connectivity index (χ3v) is 2.75. The van der Waals surface area contributed by atoms with Crippen molar-refractivity contribution < 1.29 is 14.6 Å². The van der Waals surface area contributed by atoms with Crippen LogP contribution >= 0.6 is 15.9 Å². The van der Waals surface area contributed by atoms with Crippen LogP contribution in [0.5, 0.6) is 0 Å². The third kappa shape index (κ3) is 6.71. The lowest BCUT2D eigenvalue weighted by molar-refractivity contribution is -0.153. The molecular weight excluding hydrogens is 310 g/mol. The van der Waals surface area contributed by atoms with E-state index in [9.17, 15) is 9.90 Å². The van der Waals surface area contributed by atoms with Gasteiger partial charge in [0.15, 0.2) is 0 Å². The van der Waals surface area contributed by atoms with Crippen molar-refractivity contribution in [1.29, 1.82) is 0 Å². The molecule has 0 amide bonds. The predicted molar refractivity (Wildman–Crippen MR) is 77.8 cm³/mol. The molecule has 0 bridgehead atoms. The molecular formula is C14H20BrNO3. The summed E-state index contributed by atoms with van der Waals surface area (Å²) in [7, 11) is 0. The van der Waals surface area contributed by atoms with E-state index >= 15 is 0 Å². The highest BCUT2D eigenvalue weighted by Crippen LogP contribution is 2.17. The molecule has 1 rings (SSSR count). The van der Waals surface area contributed by atoms with Crippen molar-refractivity contribution in [2.75, 3.05) is 13.1 Å².